The van der Waals surface area contributed by atoms with Crippen molar-refractivity contribution in [3.63, 3.8) is 0 Å². The fourth-order valence-corrected chi connectivity index (χ4v) is 2.47. The lowest BCUT2D eigenvalue weighted by Crippen LogP contribution is -2.19. The largest absolute Gasteiger partial charge is 0.394 e. The topological polar surface area (TPSA) is 67.1 Å². The van der Waals surface area contributed by atoms with Gasteiger partial charge in [-0.3, -0.25) is 4.68 Å². The van der Waals surface area contributed by atoms with Crippen molar-refractivity contribution in [1.29, 1.82) is 0 Å². The standard InChI is InChI=1S/C14H19N5O/c1-10(2)12-3-4-14(17-16-12)18-8-11-7-15-19(5-6-20)13(11)9-18/h3-4,7,10,20H,5-6,8-9H2,1-2H3. The summed E-state index contributed by atoms with van der Waals surface area (Å²) in [4.78, 5) is 2.18. The van der Waals surface area contributed by atoms with Crippen molar-refractivity contribution in [1.82, 2.24) is 20.0 Å². The monoisotopic (exact) mass is 273 g/mol. The zero-order valence-electron chi connectivity index (χ0n) is 11.8. The molecule has 0 saturated heterocycles. The Bertz CT molecular complexity index is 590. The Morgan fingerprint density at radius 2 is 2.10 bits per heavy atom. The van der Waals surface area contributed by atoms with Gasteiger partial charge in [0.05, 0.1) is 37.3 Å². The second-order valence-electron chi connectivity index (χ2n) is 5.39. The molecule has 0 bridgehead atoms. The first-order valence-corrected chi connectivity index (χ1v) is 6.92. The van der Waals surface area contributed by atoms with Crippen LogP contribution in [0.25, 0.3) is 0 Å². The van der Waals surface area contributed by atoms with Crippen molar-refractivity contribution < 1.29 is 5.11 Å². The Balaban J connectivity index is 1.77. The summed E-state index contributed by atoms with van der Waals surface area (Å²) < 4.78 is 1.87. The molecule has 0 aliphatic carbocycles. The van der Waals surface area contributed by atoms with E-state index >= 15 is 0 Å². The van der Waals surface area contributed by atoms with E-state index in [4.69, 9.17) is 5.11 Å². The van der Waals surface area contributed by atoms with Crippen LogP contribution in [0, 0.1) is 0 Å². The highest BCUT2D eigenvalue weighted by Gasteiger charge is 2.24. The Labute approximate surface area is 118 Å². The van der Waals surface area contributed by atoms with E-state index in [2.05, 4.69) is 34.0 Å². The number of rotatable bonds is 4. The maximum Gasteiger partial charge on any atom is 0.151 e. The molecule has 2 aromatic heterocycles. The molecule has 0 saturated carbocycles. The highest BCUT2D eigenvalue weighted by molar-refractivity contribution is 5.44. The first-order valence-electron chi connectivity index (χ1n) is 6.92. The van der Waals surface area contributed by atoms with Crippen LogP contribution in [0.15, 0.2) is 18.3 Å². The number of fused-ring (bicyclic) bond motifs is 1. The Morgan fingerprint density at radius 1 is 1.25 bits per heavy atom. The van der Waals surface area contributed by atoms with Gasteiger partial charge in [-0.05, 0) is 18.1 Å². The van der Waals surface area contributed by atoms with E-state index in [-0.39, 0.29) is 6.61 Å². The Morgan fingerprint density at radius 3 is 2.75 bits per heavy atom. The molecule has 106 valence electrons. The van der Waals surface area contributed by atoms with Gasteiger partial charge in [0.2, 0.25) is 0 Å². The highest BCUT2D eigenvalue weighted by Crippen LogP contribution is 2.26. The number of aliphatic hydroxyl groups excluding tert-OH is 1. The van der Waals surface area contributed by atoms with Gasteiger partial charge in [0.25, 0.3) is 0 Å². The molecule has 0 amide bonds. The molecule has 2 aromatic rings. The molecule has 1 N–H and O–H groups in total. The molecule has 3 heterocycles. The van der Waals surface area contributed by atoms with Crippen LogP contribution < -0.4 is 4.90 Å². The molecule has 1 aliphatic rings. The number of hydrogen-bond acceptors (Lipinski definition) is 5. The van der Waals surface area contributed by atoms with Crippen LogP contribution in [0.3, 0.4) is 0 Å². The maximum absolute atomic E-state index is 9.04. The molecule has 6 nitrogen and oxygen atoms in total. The molecule has 1 aliphatic heterocycles. The van der Waals surface area contributed by atoms with Gasteiger partial charge in [0.1, 0.15) is 0 Å². The van der Waals surface area contributed by atoms with Crippen molar-refractivity contribution >= 4 is 5.82 Å². The normalized spacial score (nSPS) is 14.1. The van der Waals surface area contributed by atoms with E-state index in [0.717, 1.165) is 30.3 Å². The highest BCUT2D eigenvalue weighted by atomic mass is 16.3. The average Bonchev–Trinajstić information content (AvgIpc) is 3.01. The molecule has 20 heavy (non-hydrogen) atoms. The molecule has 6 heteroatoms. The SMILES string of the molecule is CC(C)c1ccc(N2Cc3cnn(CCO)c3C2)nn1. The van der Waals surface area contributed by atoms with Crippen LogP contribution in [-0.4, -0.2) is 31.7 Å². The summed E-state index contributed by atoms with van der Waals surface area (Å²) in [6, 6.07) is 4.06. The van der Waals surface area contributed by atoms with Gasteiger partial charge < -0.3 is 10.0 Å². The summed E-state index contributed by atoms with van der Waals surface area (Å²) in [5.41, 5.74) is 3.37. The Kier molecular flexibility index (Phi) is 3.40. The Hall–Kier alpha value is -1.95. The average molecular weight is 273 g/mol. The minimum atomic E-state index is 0.108. The lowest BCUT2D eigenvalue weighted by molar-refractivity contribution is 0.267. The third-order valence-corrected chi connectivity index (χ3v) is 3.64. The van der Waals surface area contributed by atoms with E-state index in [0.29, 0.717) is 12.5 Å². The zero-order chi connectivity index (χ0) is 14.1. The molecular weight excluding hydrogens is 254 g/mol. The quantitative estimate of drug-likeness (QED) is 0.909. The van der Waals surface area contributed by atoms with Crippen LogP contribution in [-0.2, 0) is 19.6 Å². The number of aliphatic hydroxyl groups is 1. The summed E-state index contributed by atoms with van der Waals surface area (Å²) in [6.45, 7) is 6.44. The van der Waals surface area contributed by atoms with Crippen molar-refractivity contribution in [3.8, 4) is 0 Å². The van der Waals surface area contributed by atoms with Crippen molar-refractivity contribution in [2.45, 2.75) is 39.4 Å². The van der Waals surface area contributed by atoms with Gasteiger partial charge in [-0.2, -0.15) is 10.2 Å². The lowest BCUT2D eigenvalue weighted by atomic mass is 10.1. The van der Waals surface area contributed by atoms with Crippen molar-refractivity contribution in [3.05, 3.63) is 35.3 Å². The van der Waals surface area contributed by atoms with Crippen molar-refractivity contribution in [2.24, 2.45) is 0 Å². The van der Waals surface area contributed by atoms with Gasteiger partial charge in [-0.1, -0.05) is 13.8 Å². The summed E-state index contributed by atoms with van der Waals surface area (Å²) in [6.07, 6.45) is 1.88. The van der Waals surface area contributed by atoms with Gasteiger partial charge in [-0.15, -0.1) is 5.10 Å². The van der Waals surface area contributed by atoms with Gasteiger partial charge in [0.15, 0.2) is 5.82 Å². The second-order valence-corrected chi connectivity index (χ2v) is 5.39. The second kappa shape index (κ2) is 5.20. The third-order valence-electron chi connectivity index (χ3n) is 3.64. The first kappa shape index (κ1) is 13.1. The smallest absolute Gasteiger partial charge is 0.151 e. The summed E-state index contributed by atoms with van der Waals surface area (Å²) in [5.74, 6) is 1.28. The molecule has 0 spiro atoms. The molecule has 0 fully saturated rings. The predicted octanol–water partition coefficient (Wildman–Crippen LogP) is 1.31. The number of hydrogen-bond donors (Lipinski definition) is 1. The van der Waals surface area contributed by atoms with Crippen LogP contribution in [0.1, 0.15) is 36.7 Å². The van der Waals surface area contributed by atoms with Gasteiger partial charge >= 0.3 is 0 Å². The van der Waals surface area contributed by atoms with Gasteiger partial charge in [-0.25, -0.2) is 0 Å². The molecule has 0 aromatic carbocycles. The number of nitrogens with zero attached hydrogens (tertiary/aromatic N) is 5. The molecule has 0 atom stereocenters. The maximum atomic E-state index is 9.04. The summed E-state index contributed by atoms with van der Waals surface area (Å²) >= 11 is 0. The summed E-state index contributed by atoms with van der Waals surface area (Å²) in [5, 5.41) is 21.9. The summed E-state index contributed by atoms with van der Waals surface area (Å²) in [7, 11) is 0. The molecule has 3 rings (SSSR count). The molecular formula is C14H19N5O. The minimum Gasteiger partial charge on any atom is -0.394 e. The fraction of sp³-hybridized carbons (Fsp3) is 0.500. The zero-order valence-corrected chi connectivity index (χ0v) is 11.8. The number of anilines is 1. The van der Waals surface area contributed by atoms with E-state index < -0.39 is 0 Å². The van der Waals surface area contributed by atoms with Crippen LogP contribution in [0.5, 0.6) is 0 Å². The lowest BCUT2D eigenvalue weighted by Gasteiger charge is -2.17. The van der Waals surface area contributed by atoms with E-state index in [9.17, 15) is 0 Å². The van der Waals surface area contributed by atoms with Crippen molar-refractivity contribution in [2.75, 3.05) is 11.5 Å². The molecule has 0 unspecified atom stereocenters. The third kappa shape index (κ3) is 2.27. The van der Waals surface area contributed by atoms with Crippen LogP contribution in [0.2, 0.25) is 0 Å². The first-order chi connectivity index (χ1) is 9.69. The van der Waals surface area contributed by atoms with E-state index in [1.807, 2.05) is 23.0 Å². The number of aromatic nitrogens is 4. The predicted molar refractivity (Wildman–Crippen MR) is 75.3 cm³/mol. The van der Waals surface area contributed by atoms with E-state index in [1.165, 1.54) is 5.56 Å². The van der Waals surface area contributed by atoms with Gasteiger partial charge in [0, 0.05) is 12.1 Å². The minimum absolute atomic E-state index is 0.108. The van der Waals surface area contributed by atoms with E-state index in [1.54, 1.807) is 0 Å². The van der Waals surface area contributed by atoms with Crippen LogP contribution >= 0.6 is 0 Å². The molecule has 0 radical (unpaired) electrons. The van der Waals surface area contributed by atoms with Crippen LogP contribution in [0.4, 0.5) is 5.82 Å². The fourth-order valence-electron chi connectivity index (χ4n) is 2.47.